The molecule has 1 aliphatic rings. The molecule has 0 aliphatic heterocycles. The van der Waals surface area contributed by atoms with Gasteiger partial charge in [-0.1, -0.05) is 25.5 Å². The minimum absolute atomic E-state index is 0.0888. The first-order chi connectivity index (χ1) is 9.03. The number of nitrogens with one attached hydrogen (secondary N) is 1. The molecule has 0 heterocycles. The Balaban J connectivity index is 1.97. The first-order valence-electron chi connectivity index (χ1n) is 6.75. The van der Waals surface area contributed by atoms with Crippen molar-refractivity contribution < 1.29 is 8.42 Å². The van der Waals surface area contributed by atoms with Gasteiger partial charge in [-0.25, -0.2) is 13.1 Å². The van der Waals surface area contributed by atoms with Crippen LogP contribution in [-0.2, 0) is 16.4 Å². The number of aryl methyl sites for hydroxylation is 1. The Kier molecular flexibility index (Phi) is 4.87. The maximum Gasteiger partial charge on any atom is 0.240 e. The average Bonchev–Trinajstić information content (AvgIpc) is 3.21. The number of benzene rings is 1. The molecule has 1 aromatic carbocycles. The highest BCUT2D eigenvalue weighted by atomic mass is 35.5. The van der Waals surface area contributed by atoms with Gasteiger partial charge in [0.25, 0.3) is 0 Å². The third-order valence-electron chi connectivity index (χ3n) is 3.37. The van der Waals surface area contributed by atoms with Crippen LogP contribution >= 0.6 is 11.6 Å². The molecule has 0 radical (unpaired) electrons. The zero-order valence-electron chi connectivity index (χ0n) is 11.1. The molecule has 1 aromatic rings. The van der Waals surface area contributed by atoms with Crippen LogP contribution in [0.4, 0.5) is 0 Å². The summed E-state index contributed by atoms with van der Waals surface area (Å²) in [6, 6.07) is 7.07. The van der Waals surface area contributed by atoms with Crippen LogP contribution in [0.3, 0.4) is 0 Å². The summed E-state index contributed by atoms with van der Waals surface area (Å²) >= 11 is 6.11. The van der Waals surface area contributed by atoms with E-state index in [0.717, 1.165) is 31.2 Å². The van der Waals surface area contributed by atoms with Crippen LogP contribution < -0.4 is 4.72 Å². The van der Waals surface area contributed by atoms with Crippen molar-refractivity contribution in [3.8, 4) is 0 Å². The molecule has 1 aliphatic carbocycles. The van der Waals surface area contributed by atoms with Gasteiger partial charge in [-0.15, -0.1) is 11.6 Å². The van der Waals surface area contributed by atoms with Crippen molar-refractivity contribution in [2.75, 3.05) is 6.54 Å². The van der Waals surface area contributed by atoms with Gasteiger partial charge in [0.15, 0.2) is 0 Å². The second-order valence-corrected chi connectivity index (χ2v) is 7.43. The van der Waals surface area contributed by atoms with Crippen LogP contribution in [0, 0.1) is 5.92 Å². The smallest absolute Gasteiger partial charge is 0.210 e. The van der Waals surface area contributed by atoms with E-state index in [1.54, 1.807) is 12.1 Å². The van der Waals surface area contributed by atoms with Crippen molar-refractivity contribution in [2.24, 2.45) is 5.92 Å². The monoisotopic (exact) mass is 301 g/mol. The summed E-state index contributed by atoms with van der Waals surface area (Å²) in [4.78, 5) is 0.312. The summed E-state index contributed by atoms with van der Waals surface area (Å²) in [5.41, 5.74) is 1.16. The number of hydrogen-bond acceptors (Lipinski definition) is 2. The van der Waals surface area contributed by atoms with Gasteiger partial charge in [0.1, 0.15) is 0 Å². The van der Waals surface area contributed by atoms with Crippen molar-refractivity contribution in [1.82, 2.24) is 4.72 Å². The van der Waals surface area contributed by atoms with Gasteiger partial charge in [0.2, 0.25) is 10.0 Å². The first-order valence-corrected chi connectivity index (χ1v) is 8.67. The molecule has 1 atom stereocenters. The fraction of sp³-hybridized carbons (Fsp3) is 0.571. The zero-order chi connectivity index (χ0) is 13.9. The lowest BCUT2D eigenvalue weighted by Gasteiger charge is -2.10. The number of sulfonamides is 1. The third kappa shape index (κ3) is 4.20. The summed E-state index contributed by atoms with van der Waals surface area (Å²) in [6.07, 6.45) is 4.25. The fourth-order valence-corrected chi connectivity index (χ4v) is 3.50. The van der Waals surface area contributed by atoms with Crippen molar-refractivity contribution >= 4 is 21.6 Å². The van der Waals surface area contributed by atoms with Gasteiger partial charge in [-0.05, 0) is 42.9 Å². The molecule has 0 aromatic heterocycles. The van der Waals surface area contributed by atoms with Gasteiger partial charge in [-0.3, -0.25) is 0 Å². The van der Waals surface area contributed by atoms with E-state index in [4.69, 9.17) is 11.6 Å². The van der Waals surface area contributed by atoms with Gasteiger partial charge in [0, 0.05) is 11.9 Å². The molecular formula is C14H20ClNO2S. The Hall–Kier alpha value is -0.580. The quantitative estimate of drug-likeness (QED) is 0.787. The molecular weight excluding hydrogens is 282 g/mol. The number of alkyl halides is 1. The number of halogens is 1. The van der Waals surface area contributed by atoms with E-state index in [9.17, 15) is 8.42 Å². The normalized spacial score (nSPS) is 17.4. The van der Waals surface area contributed by atoms with Crippen LogP contribution in [0.5, 0.6) is 0 Å². The van der Waals surface area contributed by atoms with Crippen LogP contribution in [0.1, 0.15) is 31.7 Å². The molecule has 0 spiro atoms. The van der Waals surface area contributed by atoms with Crippen molar-refractivity contribution in [3.63, 3.8) is 0 Å². The Morgan fingerprint density at radius 1 is 1.32 bits per heavy atom. The van der Waals surface area contributed by atoms with Crippen molar-refractivity contribution in [3.05, 3.63) is 29.8 Å². The highest BCUT2D eigenvalue weighted by Crippen LogP contribution is 2.35. The average molecular weight is 302 g/mol. The number of hydrogen-bond donors (Lipinski definition) is 1. The highest BCUT2D eigenvalue weighted by molar-refractivity contribution is 7.89. The molecule has 1 unspecified atom stereocenters. The Morgan fingerprint density at radius 3 is 2.47 bits per heavy atom. The molecule has 106 valence electrons. The minimum atomic E-state index is -3.43. The van der Waals surface area contributed by atoms with E-state index >= 15 is 0 Å². The predicted octanol–water partition coefficient (Wildman–Crippen LogP) is 2.93. The standard InChI is InChI=1S/C14H20ClNO2S/c1-2-3-11-4-8-13(9-5-11)19(17,18)16-10-14(15)12-6-7-12/h4-5,8-9,12,14,16H,2-3,6-7,10H2,1H3. The van der Waals surface area contributed by atoms with Gasteiger partial charge < -0.3 is 0 Å². The van der Waals surface area contributed by atoms with Gasteiger partial charge >= 0.3 is 0 Å². The minimum Gasteiger partial charge on any atom is -0.210 e. The van der Waals surface area contributed by atoms with Crippen LogP contribution in [0.25, 0.3) is 0 Å². The molecule has 1 fully saturated rings. The molecule has 0 bridgehead atoms. The molecule has 19 heavy (non-hydrogen) atoms. The topological polar surface area (TPSA) is 46.2 Å². The molecule has 1 N–H and O–H groups in total. The second kappa shape index (κ2) is 6.25. The van der Waals surface area contributed by atoms with E-state index in [-0.39, 0.29) is 5.38 Å². The molecule has 0 saturated heterocycles. The summed E-state index contributed by atoms with van der Waals surface area (Å²) in [6.45, 7) is 2.41. The lowest BCUT2D eigenvalue weighted by atomic mass is 10.1. The summed E-state index contributed by atoms with van der Waals surface area (Å²) < 4.78 is 26.7. The Labute approximate surface area is 120 Å². The van der Waals surface area contributed by atoms with E-state index in [1.165, 1.54) is 0 Å². The molecule has 5 heteroatoms. The second-order valence-electron chi connectivity index (χ2n) is 5.10. The third-order valence-corrected chi connectivity index (χ3v) is 5.32. The summed E-state index contributed by atoms with van der Waals surface area (Å²) in [7, 11) is -3.43. The first kappa shape index (κ1) is 14.8. The van der Waals surface area contributed by atoms with Gasteiger partial charge in [-0.2, -0.15) is 0 Å². The fourth-order valence-electron chi connectivity index (χ4n) is 2.02. The lowest BCUT2D eigenvalue weighted by Crippen LogP contribution is -2.30. The predicted molar refractivity (Wildman–Crippen MR) is 78.0 cm³/mol. The van der Waals surface area contributed by atoms with E-state index in [1.807, 2.05) is 12.1 Å². The number of rotatable bonds is 7. The maximum absolute atomic E-state index is 12.1. The summed E-state index contributed by atoms with van der Waals surface area (Å²) in [5.74, 6) is 0.483. The van der Waals surface area contributed by atoms with Crippen molar-refractivity contribution in [2.45, 2.75) is 42.9 Å². The molecule has 3 nitrogen and oxygen atoms in total. The van der Waals surface area contributed by atoms with Crippen LogP contribution in [0.2, 0.25) is 0 Å². The largest absolute Gasteiger partial charge is 0.240 e. The zero-order valence-corrected chi connectivity index (χ0v) is 12.7. The van der Waals surface area contributed by atoms with Crippen LogP contribution in [0.15, 0.2) is 29.2 Å². The molecule has 2 rings (SSSR count). The van der Waals surface area contributed by atoms with Gasteiger partial charge in [0.05, 0.1) is 4.90 Å². The molecule has 0 amide bonds. The summed E-state index contributed by atoms with van der Waals surface area (Å²) in [5, 5.41) is -0.0888. The SMILES string of the molecule is CCCc1ccc(S(=O)(=O)NCC(Cl)C2CC2)cc1. The highest BCUT2D eigenvalue weighted by Gasteiger charge is 2.30. The van der Waals surface area contributed by atoms with E-state index < -0.39 is 10.0 Å². The lowest BCUT2D eigenvalue weighted by molar-refractivity contribution is 0.576. The Morgan fingerprint density at radius 2 is 1.95 bits per heavy atom. The maximum atomic E-state index is 12.1. The Bertz CT molecular complexity index is 509. The van der Waals surface area contributed by atoms with Crippen molar-refractivity contribution in [1.29, 1.82) is 0 Å². The van der Waals surface area contributed by atoms with E-state index in [0.29, 0.717) is 17.4 Å². The van der Waals surface area contributed by atoms with Crippen LogP contribution in [-0.4, -0.2) is 20.3 Å². The van der Waals surface area contributed by atoms with E-state index in [2.05, 4.69) is 11.6 Å². The molecule has 1 saturated carbocycles.